The summed E-state index contributed by atoms with van der Waals surface area (Å²) in [6.45, 7) is 0. The van der Waals surface area contributed by atoms with Gasteiger partial charge >= 0.3 is 0 Å². The van der Waals surface area contributed by atoms with E-state index in [4.69, 9.17) is 0 Å². The predicted molar refractivity (Wildman–Crippen MR) is 68.9 cm³/mol. The SMILES string of the molecule is O=C(c1ccccc1)C1CCCC12C=CCC2. The fourth-order valence-corrected chi connectivity index (χ4v) is 3.54. The van der Waals surface area contributed by atoms with Crippen LogP contribution in [-0.4, -0.2) is 5.78 Å². The van der Waals surface area contributed by atoms with Crippen LogP contribution in [-0.2, 0) is 0 Å². The Kier molecular flexibility index (Phi) is 2.62. The highest BCUT2D eigenvalue weighted by atomic mass is 16.1. The number of ketones is 1. The highest BCUT2D eigenvalue weighted by molar-refractivity contribution is 5.98. The summed E-state index contributed by atoms with van der Waals surface area (Å²) < 4.78 is 0. The van der Waals surface area contributed by atoms with Gasteiger partial charge in [0.2, 0.25) is 0 Å². The molecular weight excluding hydrogens is 208 g/mol. The van der Waals surface area contributed by atoms with Crippen LogP contribution in [0, 0.1) is 11.3 Å². The van der Waals surface area contributed by atoms with E-state index >= 15 is 0 Å². The van der Waals surface area contributed by atoms with Crippen LogP contribution in [0.3, 0.4) is 0 Å². The van der Waals surface area contributed by atoms with E-state index in [-0.39, 0.29) is 11.3 Å². The van der Waals surface area contributed by atoms with Crippen LogP contribution < -0.4 is 0 Å². The average Bonchev–Trinajstić information content (AvgIpc) is 3.01. The van der Waals surface area contributed by atoms with Gasteiger partial charge in [0.25, 0.3) is 0 Å². The Labute approximate surface area is 103 Å². The van der Waals surface area contributed by atoms with Crippen LogP contribution in [0.5, 0.6) is 0 Å². The number of hydrogen-bond donors (Lipinski definition) is 0. The van der Waals surface area contributed by atoms with E-state index in [0.717, 1.165) is 18.4 Å². The molecule has 0 saturated heterocycles. The van der Waals surface area contributed by atoms with E-state index in [1.54, 1.807) is 0 Å². The molecule has 0 heterocycles. The van der Waals surface area contributed by atoms with Gasteiger partial charge in [0.15, 0.2) is 5.78 Å². The predicted octanol–water partition coefficient (Wildman–Crippen LogP) is 4.01. The average molecular weight is 226 g/mol. The van der Waals surface area contributed by atoms with Crippen molar-refractivity contribution >= 4 is 5.78 Å². The van der Waals surface area contributed by atoms with Crippen molar-refractivity contribution in [3.63, 3.8) is 0 Å². The third-order valence-corrected chi connectivity index (χ3v) is 4.43. The molecular formula is C16H18O. The minimum Gasteiger partial charge on any atom is -0.294 e. The van der Waals surface area contributed by atoms with Crippen molar-refractivity contribution in [2.24, 2.45) is 11.3 Å². The van der Waals surface area contributed by atoms with Crippen LogP contribution in [0.2, 0.25) is 0 Å². The summed E-state index contributed by atoms with van der Waals surface area (Å²) in [6.07, 6.45) is 10.4. The molecule has 2 aliphatic rings. The van der Waals surface area contributed by atoms with Crippen molar-refractivity contribution in [3.8, 4) is 0 Å². The van der Waals surface area contributed by atoms with Gasteiger partial charge in [-0.3, -0.25) is 4.79 Å². The molecule has 1 nitrogen and oxygen atoms in total. The highest BCUT2D eigenvalue weighted by Gasteiger charge is 2.45. The summed E-state index contributed by atoms with van der Waals surface area (Å²) in [7, 11) is 0. The van der Waals surface area contributed by atoms with Gasteiger partial charge in [-0.25, -0.2) is 0 Å². The van der Waals surface area contributed by atoms with Crippen LogP contribution in [0.25, 0.3) is 0 Å². The Morgan fingerprint density at radius 3 is 2.71 bits per heavy atom. The summed E-state index contributed by atoms with van der Waals surface area (Å²) in [4.78, 5) is 12.6. The van der Waals surface area contributed by atoms with E-state index < -0.39 is 0 Å². The lowest BCUT2D eigenvalue weighted by molar-refractivity contribution is 0.0847. The fourth-order valence-electron chi connectivity index (χ4n) is 3.54. The number of carbonyl (C=O) groups is 1. The van der Waals surface area contributed by atoms with E-state index in [2.05, 4.69) is 12.2 Å². The molecule has 88 valence electrons. The molecule has 1 aromatic rings. The molecule has 17 heavy (non-hydrogen) atoms. The van der Waals surface area contributed by atoms with Crippen LogP contribution >= 0.6 is 0 Å². The van der Waals surface area contributed by atoms with Crippen LogP contribution in [0.4, 0.5) is 0 Å². The monoisotopic (exact) mass is 226 g/mol. The van der Waals surface area contributed by atoms with E-state index in [0.29, 0.717) is 5.78 Å². The molecule has 0 amide bonds. The number of allylic oxidation sites excluding steroid dienone is 2. The second kappa shape index (κ2) is 4.14. The number of rotatable bonds is 2. The molecule has 1 spiro atoms. The second-order valence-corrected chi connectivity index (χ2v) is 5.35. The van der Waals surface area contributed by atoms with Gasteiger partial charge < -0.3 is 0 Å². The summed E-state index contributed by atoms with van der Waals surface area (Å²) >= 11 is 0. The van der Waals surface area contributed by atoms with Gasteiger partial charge in [-0.15, -0.1) is 0 Å². The molecule has 0 N–H and O–H groups in total. The molecule has 0 radical (unpaired) electrons. The minimum atomic E-state index is 0.201. The Balaban J connectivity index is 1.89. The summed E-state index contributed by atoms with van der Waals surface area (Å²) in [5.74, 6) is 0.582. The first-order valence-electron chi connectivity index (χ1n) is 6.59. The first-order valence-corrected chi connectivity index (χ1v) is 6.59. The lowest BCUT2D eigenvalue weighted by Gasteiger charge is -2.28. The molecule has 1 fully saturated rings. The Bertz CT molecular complexity index is 446. The fraction of sp³-hybridized carbons (Fsp3) is 0.438. The molecule has 1 heteroatoms. The summed E-state index contributed by atoms with van der Waals surface area (Å²) in [6, 6.07) is 9.79. The molecule has 1 saturated carbocycles. The zero-order valence-corrected chi connectivity index (χ0v) is 10.1. The maximum Gasteiger partial charge on any atom is 0.166 e. The molecule has 3 rings (SSSR count). The zero-order chi connectivity index (χ0) is 11.7. The third-order valence-electron chi connectivity index (χ3n) is 4.43. The van der Waals surface area contributed by atoms with Crippen molar-refractivity contribution < 1.29 is 4.79 Å². The highest BCUT2D eigenvalue weighted by Crippen LogP contribution is 2.51. The third kappa shape index (κ3) is 1.74. The van der Waals surface area contributed by atoms with Gasteiger partial charge in [-0.05, 0) is 31.1 Å². The van der Waals surface area contributed by atoms with Gasteiger partial charge in [-0.2, -0.15) is 0 Å². The molecule has 0 bridgehead atoms. The summed E-state index contributed by atoms with van der Waals surface area (Å²) in [5.41, 5.74) is 1.09. The lowest BCUT2D eigenvalue weighted by Crippen LogP contribution is -2.28. The van der Waals surface area contributed by atoms with Crippen LogP contribution in [0.15, 0.2) is 42.5 Å². The first-order chi connectivity index (χ1) is 8.32. The van der Waals surface area contributed by atoms with Crippen molar-refractivity contribution in [2.75, 3.05) is 0 Å². The Morgan fingerprint density at radius 2 is 2.00 bits per heavy atom. The van der Waals surface area contributed by atoms with Crippen LogP contribution in [0.1, 0.15) is 42.5 Å². The van der Waals surface area contributed by atoms with Gasteiger partial charge in [0.05, 0.1) is 0 Å². The first kappa shape index (κ1) is 10.8. The van der Waals surface area contributed by atoms with E-state index in [1.165, 1.54) is 19.3 Å². The van der Waals surface area contributed by atoms with Crippen molar-refractivity contribution in [1.29, 1.82) is 0 Å². The smallest absolute Gasteiger partial charge is 0.166 e. The van der Waals surface area contributed by atoms with Gasteiger partial charge in [0, 0.05) is 11.5 Å². The number of hydrogen-bond acceptors (Lipinski definition) is 1. The molecule has 1 aromatic carbocycles. The standard InChI is InChI=1S/C16H18O/c17-15(13-7-2-1-3-8-13)14-9-6-12-16(14)10-4-5-11-16/h1-4,7-8,10,14H,5-6,9,11-12H2. The molecule has 2 aliphatic carbocycles. The molecule has 2 unspecified atom stereocenters. The number of benzene rings is 1. The summed E-state index contributed by atoms with van der Waals surface area (Å²) in [5, 5.41) is 0. The van der Waals surface area contributed by atoms with E-state index in [9.17, 15) is 4.79 Å². The molecule has 2 atom stereocenters. The Hall–Kier alpha value is -1.37. The topological polar surface area (TPSA) is 17.1 Å². The molecule has 0 aliphatic heterocycles. The zero-order valence-electron chi connectivity index (χ0n) is 10.1. The maximum atomic E-state index is 12.6. The second-order valence-electron chi connectivity index (χ2n) is 5.35. The van der Waals surface area contributed by atoms with Crippen molar-refractivity contribution in [2.45, 2.75) is 32.1 Å². The minimum absolute atomic E-state index is 0.201. The lowest BCUT2D eigenvalue weighted by atomic mass is 9.74. The largest absolute Gasteiger partial charge is 0.294 e. The number of carbonyl (C=O) groups excluding carboxylic acids is 1. The Morgan fingerprint density at radius 1 is 1.18 bits per heavy atom. The normalized spacial score (nSPS) is 31.2. The van der Waals surface area contributed by atoms with Crippen molar-refractivity contribution in [3.05, 3.63) is 48.0 Å². The molecule has 0 aromatic heterocycles. The quantitative estimate of drug-likeness (QED) is 0.550. The van der Waals surface area contributed by atoms with E-state index in [1.807, 2.05) is 30.3 Å². The van der Waals surface area contributed by atoms with Gasteiger partial charge in [-0.1, -0.05) is 48.9 Å². The van der Waals surface area contributed by atoms with Gasteiger partial charge in [0.1, 0.15) is 0 Å². The number of Topliss-reactive ketones (excluding diaryl/α,β-unsaturated/α-hetero) is 1. The van der Waals surface area contributed by atoms with Crippen molar-refractivity contribution in [1.82, 2.24) is 0 Å². The maximum absolute atomic E-state index is 12.6.